The first-order valence-electron chi connectivity index (χ1n) is 15.8. The summed E-state index contributed by atoms with van der Waals surface area (Å²) >= 11 is 0. The van der Waals surface area contributed by atoms with Crippen molar-refractivity contribution in [3.05, 3.63) is 59.2 Å². The van der Waals surface area contributed by atoms with E-state index in [0.717, 1.165) is 55.3 Å². The van der Waals surface area contributed by atoms with Crippen LogP contribution in [0.25, 0.3) is 0 Å². The molecule has 0 bridgehead atoms. The van der Waals surface area contributed by atoms with Gasteiger partial charge in [0.1, 0.15) is 18.4 Å². The van der Waals surface area contributed by atoms with Gasteiger partial charge in [0.05, 0.1) is 11.7 Å². The summed E-state index contributed by atoms with van der Waals surface area (Å²) in [5, 5.41) is 2.36. The molecule has 2 aromatic rings. The van der Waals surface area contributed by atoms with Crippen LogP contribution < -0.4 is 20.7 Å². The lowest BCUT2D eigenvalue weighted by molar-refractivity contribution is -0.136. The number of fused-ring (bicyclic) bond motifs is 1. The fourth-order valence-electron chi connectivity index (χ4n) is 5.71. The van der Waals surface area contributed by atoms with Crippen molar-refractivity contribution in [1.82, 2.24) is 15.1 Å². The number of anilines is 1. The summed E-state index contributed by atoms with van der Waals surface area (Å²) < 4.78 is 12.0. The summed E-state index contributed by atoms with van der Waals surface area (Å²) in [6.45, 7) is 17.8. The number of hydrogen-bond acceptors (Lipinski definition) is 8. The molecule has 3 aliphatic rings. The number of rotatable bonds is 8. The summed E-state index contributed by atoms with van der Waals surface area (Å²) in [4.78, 5) is 51.7. The molecule has 4 amide bonds. The number of piperazine rings is 1. The van der Waals surface area contributed by atoms with Crippen LogP contribution in [-0.2, 0) is 25.7 Å². The summed E-state index contributed by atoms with van der Waals surface area (Å²) in [5.74, 6) is 0.0759. The van der Waals surface area contributed by atoms with Crippen LogP contribution in [0.4, 0.5) is 5.69 Å². The van der Waals surface area contributed by atoms with Gasteiger partial charge >= 0.3 is 0 Å². The van der Waals surface area contributed by atoms with E-state index in [-0.39, 0.29) is 42.3 Å². The van der Waals surface area contributed by atoms with Gasteiger partial charge in [-0.3, -0.25) is 29.4 Å². The number of ether oxygens (including phenoxy) is 2. The Balaban J connectivity index is 0.00000104. The molecule has 2 atom stereocenters. The maximum Gasteiger partial charge on any atom is 0.255 e. The van der Waals surface area contributed by atoms with Crippen molar-refractivity contribution in [3.63, 3.8) is 0 Å². The lowest BCUT2D eigenvalue weighted by Crippen LogP contribution is -2.52. The van der Waals surface area contributed by atoms with Gasteiger partial charge in [-0.05, 0) is 75.6 Å². The molecule has 3 N–H and O–H groups in total. The van der Waals surface area contributed by atoms with Crippen molar-refractivity contribution in [2.45, 2.75) is 78.7 Å². The van der Waals surface area contributed by atoms with Crippen molar-refractivity contribution in [1.29, 1.82) is 0 Å². The Morgan fingerprint density at radius 1 is 1.02 bits per heavy atom. The van der Waals surface area contributed by atoms with Crippen LogP contribution in [0.1, 0.15) is 82.0 Å². The smallest absolute Gasteiger partial charge is 0.255 e. The maximum atomic E-state index is 13.0. The van der Waals surface area contributed by atoms with Crippen molar-refractivity contribution in [2.24, 2.45) is 5.73 Å². The molecule has 2 fully saturated rings. The van der Waals surface area contributed by atoms with Crippen LogP contribution >= 0.6 is 0 Å². The molecule has 2 aromatic carbocycles. The summed E-state index contributed by atoms with van der Waals surface area (Å²) in [7, 11) is 0. The zero-order chi connectivity index (χ0) is 33.1. The van der Waals surface area contributed by atoms with Crippen LogP contribution in [0, 0.1) is 0 Å². The molecule has 5 rings (SSSR count). The highest BCUT2D eigenvalue weighted by Crippen LogP contribution is 2.31. The number of piperidine rings is 1. The molecule has 0 aromatic heterocycles. The normalized spacial score (nSPS) is 19.0. The second-order valence-corrected chi connectivity index (χ2v) is 12.0. The zero-order valence-electron chi connectivity index (χ0n) is 27.5. The van der Waals surface area contributed by atoms with E-state index >= 15 is 0 Å². The Morgan fingerprint density at radius 2 is 1.67 bits per heavy atom. The standard InChI is InChI=1S/C31H40N4O5.C2H6.CH3NO/c1-21(40-31(2,3)4)22-5-8-25(9-6-22)39-18-17-33-13-15-34(16-14-33)24-7-10-26-23(19-24)20-35(30(26)38)27-11-12-28(36)32-29(27)37;1-2;2-1-3/h5-10,19,21,27H,11-18,20H2,1-4H3,(H,32,36,37);1-2H3;1H,(H2,2,3)/t21-,27?;;/m1../s1. The Morgan fingerprint density at radius 3 is 2.27 bits per heavy atom. The van der Waals surface area contributed by atoms with E-state index in [2.05, 4.69) is 66.7 Å². The predicted molar refractivity (Wildman–Crippen MR) is 174 cm³/mol. The highest BCUT2D eigenvalue weighted by atomic mass is 16.5. The number of hydrogen-bond donors (Lipinski definition) is 2. The van der Waals surface area contributed by atoms with Crippen LogP contribution in [0.2, 0.25) is 0 Å². The molecule has 1 unspecified atom stereocenters. The minimum absolute atomic E-state index is 0.0285. The average Bonchev–Trinajstić information content (AvgIpc) is 3.33. The third-order valence-corrected chi connectivity index (χ3v) is 7.80. The maximum absolute atomic E-state index is 13.0. The van der Waals surface area contributed by atoms with Gasteiger partial charge in [-0.15, -0.1) is 0 Å². The van der Waals surface area contributed by atoms with E-state index in [4.69, 9.17) is 14.3 Å². The highest BCUT2D eigenvalue weighted by molar-refractivity contribution is 6.05. The highest BCUT2D eigenvalue weighted by Gasteiger charge is 2.39. The van der Waals surface area contributed by atoms with Gasteiger partial charge in [-0.2, -0.15) is 0 Å². The lowest BCUT2D eigenvalue weighted by Gasteiger charge is -2.36. The van der Waals surface area contributed by atoms with Gasteiger partial charge in [0.15, 0.2) is 0 Å². The third kappa shape index (κ3) is 9.76. The minimum atomic E-state index is -0.587. The molecule has 3 heterocycles. The van der Waals surface area contributed by atoms with E-state index < -0.39 is 6.04 Å². The number of imide groups is 1. The van der Waals surface area contributed by atoms with E-state index in [0.29, 0.717) is 25.1 Å². The van der Waals surface area contributed by atoms with Crippen LogP contribution in [0.15, 0.2) is 42.5 Å². The molecule has 0 radical (unpaired) electrons. The Bertz CT molecular complexity index is 1300. The Labute approximate surface area is 267 Å². The van der Waals surface area contributed by atoms with Crippen LogP contribution in [0.5, 0.6) is 5.75 Å². The fraction of sp³-hybridized carbons (Fsp3) is 0.529. The number of primary amides is 1. The molecule has 0 aliphatic carbocycles. The number of carbonyl (C=O) groups excluding carboxylic acids is 4. The van der Waals surface area contributed by atoms with Crippen molar-refractivity contribution in [3.8, 4) is 5.75 Å². The van der Waals surface area contributed by atoms with E-state index in [1.54, 1.807) is 4.90 Å². The van der Waals surface area contributed by atoms with Crippen molar-refractivity contribution < 1.29 is 28.7 Å². The Hall–Kier alpha value is -3.96. The third-order valence-electron chi connectivity index (χ3n) is 7.80. The molecule has 0 saturated carbocycles. The van der Waals surface area contributed by atoms with Gasteiger partial charge in [-0.25, -0.2) is 0 Å². The first-order chi connectivity index (χ1) is 21.5. The predicted octanol–water partition coefficient (Wildman–Crippen LogP) is 3.65. The average molecular weight is 624 g/mol. The fourth-order valence-corrected chi connectivity index (χ4v) is 5.71. The molecule has 45 heavy (non-hydrogen) atoms. The van der Waals surface area contributed by atoms with E-state index in [9.17, 15) is 14.4 Å². The number of nitrogens with zero attached hydrogens (tertiary/aromatic N) is 3. The van der Waals surface area contributed by atoms with Gasteiger partial charge in [0.2, 0.25) is 18.2 Å². The number of nitrogens with two attached hydrogens (primary N) is 1. The largest absolute Gasteiger partial charge is 0.492 e. The SMILES string of the molecule is CC.C[C@@H](OC(C)(C)C)c1ccc(OCCN2CCN(c3ccc4c(c3)CN(C3CCC(=O)NC3=O)C4=O)CC2)cc1.NC=O. The molecule has 0 spiro atoms. The van der Waals surface area contributed by atoms with Gasteiger partial charge in [0, 0.05) is 56.9 Å². The van der Waals surface area contributed by atoms with E-state index in [1.165, 1.54) is 0 Å². The van der Waals surface area contributed by atoms with Gasteiger partial charge < -0.3 is 25.0 Å². The van der Waals surface area contributed by atoms with E-state index in [1.807, 2.05) is 38.1 Å². The first kappa shape index (κ1) is 35.5. The zero-order valence-corrected chi connectivity index (χ0v) is 27.5. The molecule has 246 valence electrons. The summed E-state index contributed by atoms with van der Waals surface area (Å²) in [6.07, 6.45) is 0.913. The topological polar surface area (TPSA) is 135 Å². The van der Waals surface area contributed by atoms with Gasteiger partial charge in [0.25, 0.3) is 5.91 Å². The summed E-state index contributed by atoms with van der Waals surface area (Å²) in [6, 6.07) is 13.5. The first-order valence-corrected chi connectivity index (χ1v) is 15.8. The van der Waals surface area contributed by atoms with Crippen LogP contribution in [-0.4, -0.2) is 84.9 Å². The second kappa shape index (κ2) is 16.4. The number of benzene rings is 2. The second-order valence-electron chi connectivity index (χ2n) is 12.0. The van der Waals surface area contributed by atoms with Crippen molar-refractivity contribution >= 4 is 29.8 Å². The quantitative estimate of drug-likeness (QED) is 0.336. The molecule has 2 saturated heterocycles. The molecule has 11 nitrogen and oxygen atoms in total. The number of carbonyl (C=O) groups is 4. The Kier molecular flexibility index (Phi) is 12.9. The van der Waals surface area contributed by atoms with Crippen molar-refractivity contribution in [2.75, 3.05) is 44.2 Å². The molecular weight excluding hydrogens is 574 g/mol. The molecule has 3 aliphatic heterocycles. The molecule has 11 heteroatoms. The number of amides is 4. The summed E-state index contributed by atoms with van der Waals surface area (Å²) in [5.41, 5.74) is 7.80. The molecular formula is C34H49N5O6. The van der Waals surface area contributed by atoms with Gasteiger partial charge in [-0.1, -0.05) is 26.0 Å². The minimum Gasteiger partial charge on any atom is -0.492 e. The number of nitrogens with one attached hydrogen (secondary N) is 1. The lowest BCUT2D eigenvalue weighted by atomic mass is 10.0. The monoisotopic (exact) mass is 623 g/mol. The van der Waals surface area contributed by atoms with Crippen LogP contribution in [0.3, 0.4) is 0 Å².